The van der Waals surface area contributed by atoms with Crippen LogP contribution in [0, 0.1) is 0 Å². The van der Waals surface area contributed by atoms with Crippen molar-refractivity contribution in [2.24, 2.45) is 0 Å². The Bertz CT molecular complexity index is 863. The SMILES string of the molecule is C[C@@H](C(=O)Nc1ccc2c(c1)OCO2)N1CCN(C(=O)c2ccccc2)CC1. The lowest BCUT2D eigenvalue weighted by molar-refractivity contribution is -0.121. The van der Waals surface area contributed by atoms with Crippen molar-refractivity contribution >= 4 is 17.5 Å². The predicted octanol–water partition coefficient (Wildman–Crippen LogP) is 2.20. The van der Waals surface area contributed by atoms with Gasteiger partial charge in [0.15, 0.2) is 11.5 Å². The summed E-state index contributed by atoms with van der Waals surface area (Å²) in [5, 5.41) is 2.93. The molecule has 0 radical (unpaired) electrons. The van der Waals surface area contributed by atoms with E-state index in [1.807, 2.05) is 42.2 Å². The molecule has 0 aromatic heterocycles. The van der Waals surface area contributed by atoms with Gasteiger partial charge in [-0.2, -0.15) is 0 Å². The topological polar surface area (TPSA) is 71.1 Å². The van der Waals surface area contributed by atoms with Crippen LogP contribution in [-0.4, -0.2) is 60.6 Å². The fourth-order valence-corrected chi connectivity index (χ4v) is 3.46. The molecule has 4 rings (SSSR count). The Morgan fingerprint density at radius 3 is 2.43 bits per heavy atom. The highest BCUT2D eigenvalue weighted by atomic mass is 16.7. The number of hydrogen-bond acceptors (Lipinski definition) is 5. The number of fused-ring (bicyclic) bond motifs is 1. The zero-order valence-corrected chi connectivity index (χ0v) is 15.8. The number of carbonyl (C=O) groups excluding carboxylic acids is 2. The van der Waals surface area contributed by atoms with Gasteiger partial charge in [-0.15, -0.1) is 0 Å². The second kappa shape index (κ2) is 7.90. The predicted molar refractivity (Wildman–Crippen MR) is 105 cm³/mol. The molecule has 7 heteroatoms. The highest BCUT2D eigenvalue weighted by Crippen LogP contribution is 2.34. The fraction of sp³-hybridized carbons (Fsp3) is 0.333. The maximum Gasteiger partial charge on any atom is 0.253 e. The lowest BCUT2D eigenvalue weighted by Gasteiger charge is -2.37. The molecule has 28 heavy (non-hydrogen) atoms. The third-order valence-corrected chi connectivity index (χ3v) is 5.19. The average molecular weight is 381 g/mol. The number of rotatable bonds is 4. The normalized spacial score (nSPS) is 17.2. The minimum atomic E-state index is -0.292. The van der Waals surface area contributed by atoms with E-state index < -0.39 is 0 Å². The molecule has 0 aliphatic carbocycles. The van der Waals surface area contributed by atoms with E-state index in [9.17, 15) is 9.59 Å². The summed E-state index contributed by atoms with van der Waals surface area (Å²) in [6.07, 6.45) is 0. The number of anilines is 1. The molecule has 2 aliphatic heterocycles. The van der Waals surface area contributed by atoms with Gasteiger partial charge in [-0.25, -0.2) is 0 Å². The van der Waals surface area contributed by atoms with Crippen LogP contribution in [0.2, 0.25) is 0 Å². The Hall–Kier alpha value is -3.06. The van der Waals surface area contributed by atoms with Crippen LogP contribution < -0.4 is 14.8 Å². The number of nitrogens with zero attached hydrogens (tertiary/aromatic N) is 2. The second-order valence-electron chi connectivity index (χ2n) is 6.93. The first-order chi connectivity index (χ1) is 13.6. The maximum absolute atomic E-state index is 12.6. The van der Waals surface area contributed by atoms with E-state index >= 15 is 0 Å². The molecule has 0 unspecified atom stereocenters. The fourth-order valence-electron chi connectivity index (χ4n) is 3.46. The summed E-state index contributed by atoms with van der Waals surface area (Å²) >= 11 is 0. The number of nitrogens with one attached hydrogen (secondary N) is 1. The third-order valence-electron chi connectivity index (χ3n) is 5.19. The Labute approximate surface area is 163 Å². The highest BCUT2D eigenvalue weighted by molar-refractivity contribution is 5.95. The molecule has 1 N–H and O–H groups in total. The van der Waals surface area contributed by atoms with E-state index in [2.05, 4.69) is 10.2 Å². The molecule has 0 bridgehead atoms. The van der Waals surface area contributed by atoms with Gasteiger partial charge in [0, 0.05) is 43.5 Å². The van der Waals surface area contributed by atoms with Gasteiger partial charge in [0.25, 0.3) is 5.91 Å². The molecule has 2 aliphatic rings. The summed E-state index contributed by atoms with van der Waals surface area (Å²) in [6.45, 7) is 4.62. The summed E-state index contributed by atoms with van der Waals surface area (Å²) in [7, 11) is 0. The van der Waals surface area contributed by atoms with E-state index in [-0.39, 0.29) is 24.6 Å². The molecule has 1 atom stereocenters. The van der Waals surface area contributed by atoms with Crippen LogP contribution >= 0.6 is 0 Å². The molecule has 1 fully saturated rings. The van der Waals surface area contributed by atoms with E-state index in [4.69, 9.17) is 9.47 Å². The van der Waals surface area contributed by atoms with E-state index in [0.29, 0.717) is 48.9 Å². The smallest absolute Gasteiger partial charge is 0.253 e. The van der Waals surface area contributed by atoms with Crippen molar-refractivity contribution in [3.8, 4) is 11.5 Å². The minimum absolute atomic E-state index is 0.0396. The van der Waals surface area contributed by atoms with Crippen LogP contribution in [0.15, 0.2) is 48.5 Å². The lowest BCUT2D eigenvalue weighted by atomic mass is 10.1. The molecule has 7 nitrogen and oxygen atoms in total. The summed E-state index contributed by atoms with van der Waals surface area (Å²) in [5.74, 6) is 1.28. The van der Waals surface area contributed by atoms with Crippen molar-refractivity contribution in [1.29, 1.82) is 0 Å². The summed E-state index contributed by atoms with van der Waals surface area (Å²) in [4.78, 5) is 29.1. The van der Waals surface area contributed by atoms with Gasteiger partial charge in [-0.3, -0.25) is 14.5 Å². The van der Waals surface area contributed by atoms with Gasteiger partial charge in [0.05, 0.1) is 6.04 Å². The standard InChI is InChI=1S/C21H23N3O4/c1-15(20(25)22-17-7-8-18-19(13-17)28-14-27-18)23-9-11-24(12-10-23)21(26)16-5-3-2-4-6-16/h2-8,13,15H,9-12,14H2,1H3,(H,22,25)/t15-/m0/s1. The average Bonchev–Trinajstić information content (AvgIpc) is 3.21. The Kier molecular flexibility index (Phi) is 5.16. The molecule has 2 aromatic carbocycles. The maximum atomic E-state index is 12.6. The molecular weight excluding hydrogens is 358 g/mol. The first-order valence-electron chi connectivity index (χ1n) is 9.41. The number of amides is 2. The molecule has 1 saturated heterocycles. The summed E-state index contributed by atoms with van der Waals surface area (Å²) in [6, 6.07) is 14.4. The highest BCUT2D eigenvalue weighted by Gasteiger charge is 2.28. The van der Waals surface area contributed by atoms with Crippen LogP contribution in [0.4, 0.5) is 5.69 Å². The number of carbonyl (C=O) groups is 2. The first kappa shape index (κ1) is 18.3. The molecular formula is C21H23N3O4. The third kappa shape index (κ3) is 3.80. The van der Waals surface area contributed by atoms with E-state index in [1.165, 1.54) is 0 Å². The zero-order valence-electron chi connectivity index (χ0n) is 15.8. The van der Waals surface area contributed by atoms with Crippen LogP contribution in [0.3, 0.4) is 0 Å². The Balaban J connectivity index is 1.31. The molecule has 2 amide bonds. The Morgan fingerprint density at radius 2 is 1.68 bits per heavy atom. The van der Waals surface area contributed by atoms with Gasteiger partial charge in [-0.05, 0) is 31.2 Å². The minimum Gasteiger partial charge on any atom is -0.454 e. The number of piperazine rings is 1. The molecule has 0 saturated carbocycles. The van der Waals surface area contributed by atoms with Crippen LogP contribution in [0.25, 0.3) is 0 Å². The van der Waals surface area contributed by atoms with Gasteiger partial charge in [0.2, 0.25) is 12.7 Å². The van der Waals surface area contributed by atoms with Crippen LogP contribution in [0.1, 0.15) is 17.3 Å². The van der Waals surface area contributed by atoms with E-state index in [0.717, 1.165) is 0 Å². The first-order valence-corrected chi connectivity index (χ1v) is 9.41. The summed E-state index contributed by atoms with van der Waals surface area (Å²) < 4.78 is 10.6. The number of ether oxygens (including phenoxy) is 2. The zero-order chi connectivity index (χ0) is 19.5. The van der Waals surface area contributed by atoms with Gasteiger partial charge in [-0.1, -0.05) is 18.2 Å². The number of benzene rings is 2. The quantitative estimate of drug-likeness (QED) is 0.879. The number of hydrogen-bond donors (Lipinski definition) is 1. The van der Waals surface area contributed by atoms with Gasteiger partial charge >= 0.3 is 0 Å². The molecule has 0 spiro atoms. The van der Waals surface area contributed by atoms with Crippen LogP contribution in [0.5, 0.6) is 11.5 Å². The molecule has 2 aromatic rings. The van der Waals surface area contributed by atoms with Crippen LogP contribution in [-0.2, 0) is 4.79 Å². The monoisotopic (exact) mass is 381 g/mol. The second-order valence-corrected chi connectivity index (χ2v) is 6.93. The van der Waals surface area contributed by atoms with Gasteiger partial charge in [0.1, 0.15) is 0 Å². The van der Waals surface area contributed by atoms with Crippen molar-refractivity contribution in [2.45, 2.75) is 13.0 Å². The van der Waals surface area contributed by atoms with Crippen molar-refractivity contribution in [3.63, 3.8) is 0 Å². The molecule has 2 heterocycles. The van der Waals surface area contributed by atoms with Crippen molar-refractivity contribution in [2.75, 3.05) is 38.3 Å². The van der Waals surface area contributed by atoms with Crippen molar-refractivity contribution in [1.82, 2.24) is 9.80 Å². The summed E-state index contributed by atoms with van der Waals surface area (Å²) in [5.41, 5.74) is 1.38. The van der Waals surface area contributed by atoms with Crippen molar-refractivity contribution < 1.29 is 19.1 Å². The lowest BCUT2D eigenvalue weighted by Crippen LogP contribution is -2.54. The largest absolute Gasteiger partial charge is 0.454 e. The van der Waals surface area contributed by atoms with Crippen molar-refractivity contribution in [3.05, 3.63) is 54.1 Å². The molecule has 146 valence electrons. The van der Waals surface area contributed by atoms with E-state index in [1.54, 1.807) is 18.2 Å². The van der Waals surface area contributed by atoms with Gasteiger partial charge < -0.3 is 19.7 Å². The Morgan fingerprint density at radius 1 is 0.964 bits per heavy atom.